The number of ether oxygens (including phenoxy) is 6. The maximum Gasteiger partial charge on any atom is 0.312 e. The molecule has 246 valence electrons. The number of hydrogen-bond acceptors (Lipinski definition) is 14. The van der Waals surface area contributed by atoms with E-state index in [2.05, 4.69) is 0 Å². The van der Waals surface area contributed by atoms with Crippen LogP contribution in [0.1, 0.15) is 68.2 Å². The van der Waals surface area contributed by atoms with Crippen molar-refractivity contribution >= 4 is 35.8 Å². The summed E-state index contributed by atoms with van der Waals surface area (Å²) in [6.07, 6.45) is -7.15. The van der Waals surface area contributed by atoms with E-state index in [-0.39, 0.29) is 18.4 Å². The fraction of sp³-hybridized carbons (Fsp3) is 0.733. The van der Waals surface area contributed by atoms with Gasteiger partial charge in [0.1, 0.15) is 31.0 Å². The monoisotopic (exact) mass is 626 g/mol. The highest BCUT2D eigenvalue weighted by molar-refractivity contribution is 5.78. The molecule has 2 fully saturated rings. The van der Waals surface area contributed by atoms with Crippen LogP contribution in [0.25, 0.3) is 0 Å². The molecule has 0 amide bonds. The summed E-state index contributed by atoms with van der Waals surface area (Å²) in [4.78, 5) is 74.9. The molecular formula is C30H42O14. The van der Waals surface area contributed by atoms with E-state index < -0.39 is 108 Å². The van der Waals surface area contributed by atoms with Crippen LogP contribution >= 0.6 is 0 Å². The minimum Gasteiger partial charge on any atom is -0.462 e. The number of aliphatic hydroxyl groups is 2. The summed E-state index contributed by atoms with van der Waals surface area (Å²) in [7, 11) is 0. The van der Waals surface area contributed by atoms with Gasteiger partial charge in [0.05, 0.1) is 12.0 Å². The van der Waals surface area contributed by atoms with Gasteiger partial charge >= 0.3 is 35.8 Å². The summed E-state index contributed by atoms with van der Waals surface area (Å²) >= 11 is 0. The van der Waals surface area contributed by atoms with Gasteiger partial charge in [0, 0.05) is 64.4 Å². The number of esters is 6. The molecule has 3 aliphatic rings. The summed E-state index contributed by atoms with van der Waals surface area (Å²) < 4.78 is 33.9. The maximum absolute atomic E-state index is 13.1. The van der Waals surface area contributed by atoms with Gasteiger partial charge in [0.2, 0.25) is 0 Å². The molecule has 14 heteroatoms. The van der Waals surface area contributed by atoms with Gasteiger partial charge < -0.3 is 38.6 Å². The van der Waals surface area contributed by atoms with Crippen LogP contribution in [0.5, 0.6) is 0 Å². The molecule has 0 aromatic carbocycles. The average molecular weight is 627 g/mol. The minimum absolute atomic E-state index is 0.0782. The van der Waals surface area contributed by atoms with Gasteiger partial charge in [-0.3, -0.25) is 28.8 Å². The summed E-state index contributed by atoms with van der Waals surface area (Å²) in [6, 6.07) is 0. The highest BCUT2D eigenvalue weighted by atomic mass is 16.6. The largest absolute Gasteiger partial charge is 0.462 e. The van der Waals surface area contributed by atoms with Gasteiger partial charge in [-0.15, -0.1) is 0 Å². The zero-order chi connectivity index (χ0) is 33.3. The fourth-order valence-corrected chi connectivity index (χ4v) is 7.00. The lowest BCUT2D eigenvalue weighted by Crippen LogP contribution is -2.69. The topological polar surface area (TPSA) is 198 Å². The standard InChI is InChI=1S/C30H42O14/c1-13-21(36)10-23(41-17(5)33)29(8)24(42-18(6)34)11-22(40-16(4)32)20(12-39-15(3)31)9-25-30(38,14(2)28(37)44-25)27(26(13)29)43-19(7)35/h9,13-14,21-27,36,38H,10-12H2,1-8H3/b20-9-/t13-,14?,21-,22+,23?,24+,25?,26?,27+,29+,30?/m0/s1. The van der Waals surface area contributed by atoms with Crippen LogP contribution in [-0.2, 0) is 57.2 Å². The highest BCUT2D eigenvalue weighted by Crippen LogP contribution is 2.56. The van der Waals surface area contributed by atoms with Crippen molar-refractivity contribution in [2.75, 3.05) is 6.61 Å². The first-order valence-electron chi connectivity index (χ1n) is 14.5. The van der Waals surface area contributed by atoms with E-state index in [0.717, 1.165) is 34.6 Å². The number of aliphatic hydroxyl groups excluding tert-OH is 1. The van der Waals surface area contributed by atoms with Crippen LogP contribution in [0, 0.1) is 23.2 Å². The Morgan fingerprint density at radius 3 is 1.89 bits per heavy atom. The van der Waals surface area contributed by atoms with Crippen molar-refractivity contribution in [1.82, 2.24) is 0 Å². The fourth-order valence-electron chi connectivity index (χ4n) is 7.00. The molecule has 11 atom stereocenters. The Balaban J connectivity index is 2.48. The molecule has 2 N–H and O–H groups in total. The summed E-state index contributed by atoms with van der Waals surface area (Å²) in [5.74, 6) is -7.88. The molecule has 0 spiro atoms. The first kappa shape index (κ1) is 35.0. The molecule has 1 heterocycles. The molecule has 0 radical (unpaired) electrons. The van der Waals surface area contributed by atoms with Gasteiger partial charge in [-0.1, -0.05) is 13.8 Å². The van der Waals surface area contributed by atoms with Crippen LogP contribution in [0.2, 0.25) is 0 Å². The molecule has 0 aromatic rings. The van der Waals surface area contributed by atoms with Crippen molar-refractivity contribution in [1.29, 1.82) is 0 Å². The second-order valence-electron chi connectivity index (χ2n) is 12.1. The van der Waals surface area contributed by atoms with Gasteiger partial charge in [0.15, 0.2) is 11.7 Å². The SMILES string of the molecule is CC(=O)OC/C1=C/C2OC(=O)C(C)C2(O)[C@H](OC(C)=O)C2[C@@H](C)[C@@H](O)CC(OC(C)=O)[C@]2(C)[C@H](OC(C)=O)C[C@H]1OC(C)=O. The van der Waals surface area contributed by atoms with Gasteiger partial charge in [-0.05, 0) is 18.9 Å². The Morgan fingerprint density at radius 2 is 1.39 bits per heavy atom. The molecule has 5 unspecified atom stereocenters. The molecule has 0 aromatic heterocycles. The Bertz CT molecular complexity index is 1210. The van der Waals surface area contributed by atoms with E-state index in [9.17, 15) is 39.0 Å². The summed E-state index contributed by atoms with van der Waals surface area (Å²) in [5.41, 5.74) is -3.79. The zero-order valence-electron chi connectivity index (χ0n) is 26.2. The Labute approximate surface area is 255 Å². The second-order valence-corrected chi connectivity index (χ2v) is 12.1. The zero-order valence-corrected chi connectivity index (χ0v) is 26.2. The third-order valence-corrected chi connectivity index (χ3v) is 9.13. The predicted molar refractivity (Wildman–Crippen MR) is 147 cm³/mol. The number of carbonyl (C=O) groups is 6. The second kappa shape index (κ2) is 13.2. The average Bonchev–Trinajstić information content (AvgIpc) is 3.10. The van der Waals surface area contributed by atoms with E-state index in [4.69, 9.17) is 28.4 Å². The van der Waals surface area contributed by atoms with Crippen molar-refractivity contribution in [2.24, 2.45) is 23.2 Å². The smallest absolute Gasteiger partial charge is 0.312 e. The van der Waals surface area contributed by atoms with E-state index in [1.165, 1.54) is 13.0 Å². The quantitative estimate of drug-likeness (QED) is 0.240. The number of hydrogen-bond donors (Lipinski definition) is 2. The highest BCUT2D eigenvalue weighted by Gasteiger charge is 2.69. The molecule has 1 saturated heterocycles. The minimum atomic E-state index is -2.32. The summed E-state index contributed by atoms with van der Waals surface area (Å²) in [5, 5.41) is 23.8. The van der Waals surface area contributed by atoms with E-state index in [0.29, 0.717) is 0 Å². The maximum atomic E-state index is 13.1. The number of fused-ring (bicyclic) bond motifs is 2. The molecule has 1 aliphatic heterocycles. The third kappa shape index (κ3) is 6.75. The van der Waals surface area contributed by atoms with Crippen molar-refractivity contribution in [3.8, 4) is 0 Å². The summed E-state index contributed by atoms with van der Waals surface area (Å²) in [6.45, 7) is 9.83. The molecule has 0 bridgehead atoms. The normalized spacial score (nSPS) is 39.6. The van der Waals surface area contributed by atoms with Crippen LogP contribution in [-0.4, -0.2) is 94.9 Å². The van der Waals surface area contributed by atoms with Crippen molar-refractivity contribution < 1.29 is 67.4 Å². The number of rotatable bonds is 6. The number of carbonyl (C=O) groups excluding carboxylic acids is 6. The lowest BCUT2D eigenvalue weighted by molar-refractivity contribution is -0.252. The van der Waals surface area contributed by atoms with Crippen LogP contribution < -0.4 is 0 Å². The van der Waals surface area contributed by atoms with Crippen LogP contribution in [0.4, 0.5) is 0 Å². The van der Waals surface area contributed by atoms with Crippen molar-refractivity contribution in [3.05, 3.63) is 11.6 Å². The molecule has 1 saturated carbocycles. The molecule has 3 rings (SSSR count). The Morgan fingerprint density at radius 1 is 0.864 bits per heavy atom. The first-order chi connectivity index (χ1) is 20.3. The molecular weight excluding hydrogens is 584 g/mol. The van der Waals surface area contributed by atoms with E-state index >= 15 is 0 Å². The molecule has 2 aliphatic carbocycles. The van der Waals surface area contributed by atoms with Crippen molar-refractivity contribution in [2.45, 2.75) is 110 Å². The van der Waals surface area contributed by atoms with E-state index in [1.807, 2.05) is 0 Å². The van der Waals surface area contributed by atoms with Gasteiger partial charge in [-0.2, -0.15) is 0 Å². The van der Waals surface area contributed by atoms with Crippen LogP contribution in [0.3, 0.4) is 0 Å². The van der Waals surface area contributed by atoms with Gasteiger partial charge in [0.25, 0.3) is 0 Å². The van der Waals surface area contributed by atoms with Crippen molar-refractivity contribution in [3.63, 3.8) is 0 Å². The molecule has 14 nitrogen and oxygen atoms in total. The Hall–Kier alpha value is -3.52. The van der Waals surface area contributed by atoms with Crippen LogP contribution in [0.15, 0.2) is 11.6 Å². The Kier molecular flexibility index (Phi) is 10.5. The predicted octanol–water partition coefficient (Wildman–Crippen LogP) is 0.922. The van der Waals surface area contributed by atoms with Gasteiger partial charge in [-0.25, -0.2) is 0 Å². The van der Waals surface area contributed by atoms with E-state index in [1.54, 1.807) is 13.8 Å². The lowest BCUT2D eigenvalue weighted by atomic mass is 9.52. The first-order valence-corrected chi connectivity index (χ1v) is 14.5. The third-order valence-electron chi connectivity index (χ3n) is 9.13. The lowest BCUT2D eigenvalue weighted by Gasteiger charge is -2.58. The molecule has 44 heavy (non-hydrogen) atoms.